The smallest absolute Gasteiger partial charge is 0.226 e. The molecule has 25 heavy (non-hydrogen) atoms. The van der Waals surface area contributed by atoms with Gasteiger partial charge in [-0.1, -0.05) is 12.1 Å². The predicted molar refractivity (Wildman–Crippen MR) is 88.3 cm³/mol. The Hall–Kier alpha value is -2.83. The maximum atomic E-state index is 14.2. The van der Waals surface area contributed by atoms with E-state index in [1.54, 1.807) is 12.1 Å². The van der Waals surface area contributed by atoms with Gasteiger partial charge in [-0.15, -0.1) is 0 Å². The summed E-state index contributed by atoms with van der Waals surface area (Å²) in [6.45, 7) is 2.45. The Labute approximate surface area is 143 Å². The van der Waals surface area contributed by atoms with Crippen molar-refractivity contribution in [3.63, 3.8) is 0 Å². The first-order chi connectivity index (χ1) is 12.0. The number of rotatable bonds is 6. The molecule has 2 N–H and O–H groups in total. The van der Waals surface area contributed by atoms with Gasteiger partial charge in [0.15, 0.2) is 17.3 Å². The van der Waals surface area contributed by atoms with Gasteiger partial charge in [-0.3, -0.25) is 4.79 Å². The van der Waals surface area contributed by atoms with Crippen LogP contribution in [0.2, 0.25) is 0 Å². The average Bonchev–Trinajstić information content (AvgIpc) is 3.01. The Morgan fingerprint density at radius 2 is 2.28 bits per heavy atom. The number of benzene rings is 1. The first kappa shape index (κ1) is 15.7. The number of carbonyl (C=O) groups excluding carboxylic acids is 1. The largest absolute Gasteiger partial charge is 0.482 e. The number of aromatic amines is 1. The van der Waals surface area contributed by atoms with Crippen molar-refractivity contribution in [2.75, 3.05) is 0 Å². The summed E-state index contributed by atoms with van der Waals surface area (Å²) in [7, 11) is 0. The number of halogens is 1. The maximum Gasteiger partial charge on any atom is 0.226 e. The summed E-state index contributed by atoms with van der Waals surface area (Å²) in [5.41, 5.74) is 1.36. The highest BCUT2D eigenvalue weighted by Crippen LogP contribution is 2.45. The van der Waals surface area contributed by atoms with E-state index in [0.717, 1.165) is 29.4 Å². The molecule has 1 saturated carbocycles. The van der Waals surface area contributed by atoms with E-state index in [0.29, 0.717) is 12.3 Å². The molecule has 0 aliphatic heterocycles. The molecular weight excluding hydrogens is 325 g/mol. The third-order valence-corrected chi connectivity index (χ3v) is 4.58. The van der Waals surface area contributed by atoms with Crippen molar-refractivity contribution in [1.82, 2.24) is 15.5 Å². The van der Waals surface area contributed by atoms with Gasteiger partial charge in [0.1, 0.15) is 6.61 Å². The van der Waals surface area contributed by atoms with Crippen LogP contribution in [0.1, 0.15) is 31.2 Å². The highest BCUT2D eigenvalue weighted by Gasteiger charge is 2.44. The van der Waals surface area contributed by atoms with E-state index >= 15 is 0 Å². The Morgan fingerprint density at radius 1 is 1.44 bits per heavy atom. The molecule has 4 rings (SSSR count). The number of hydrogen-bond acceptors (Lipinski definition) is 4. The normalized spacial score (nSPS) is 15.3. The molecule has 1 amide bonds. The summed E-state index contributed by atoms with van der Waals surface area (Å²) >= 11 is 0. The van der Waals surface area contributed by atoms with Crippen LogP contribution in [0.5, 0.6) is 5.75 Å². The zero-order valence-corrected chi connectivity index (χ0v) is 13.8. The van der Waals surface area contributed by atoms with Gasteiger partial charge in [0.2, 0.25) is 5.91 Å². The number of carbonyl (C=O) groups is 1. The molecule has 130 valence electrons. The summed E-state index contributed by atoms with van der Waals surface area (Å²) in [6.07, 6.45) is 3.37. The van der Waals surface area contributed by atoms with Crippen molar-refractivity contribution in [2.45, 2.75) is 32.9 Å². The van der Waals surface area contributed by atoms with Crippen LogP contribution >= 0.6 is 0 Å². The van der Waals surface area contributed by atoms with Crippen LogP contribution in [0, 0.1) is 11.2 Å². The van der Waals surface area contributed by atoms with Gasteiger partial charge in [0.05, 0.1) is 12.7 Å². The van der Waals surface area contributed by atoms with Crippen molar-refractivity contribution >= 4 is 16.8 Å². The fourth-order valence-corrected chi connectivity index (χ4v) is 2.67. The highest BCUT2D eigenvalue weighted by atomic mass is 19.1. The molecule has 0 atom stereocenters. The lowest BCUT2D eigenvalue weighted by atomic mass is 10.1. The first-order valence-electron chi connectivity index (χ1n) is 8.15. The molecule has 2 aromatic heterocycles. The first-order valence-corrected chi connectivity index (χ1v) is 8.15. The standard InChI is InChI=1S/C18H18FN3O3/c1-18(3-4-18)17(23)20-9-12-6-11-7-14(19)16(8-15(11)22-12)24-10-13-2-5-21-25-13/h2,5-8,22H,3-4,9-10H2,1H3,(H,20,23). The van der Waals surface area contributed by atoms with E-state index in [1.807, 2.05) is 13.0 Å². The zero-order chi connectivity index (χ0) is 17.4. The molecule has 7 heteroatoms. The number of hydrogen-bond donors (Lipinski definition) is 2. The fourth-order valence-electron chi connectivity index (χ4n) is 2.67. The Kier molecular flexibility index (Phi) is 3.71. The third kappa shape index (κ3) is 3.22. The summed E-state index contributed by atoms with van der Waals surface area (Å²) in [4.78, 5) is 15.2. The second kappa shape index (κ2) is 5.91. The number of amides is 1. The number of H-pyrrole nitrogens is 1. The van der Waals surface area contributed by atoms with Crippen LogP contribution in [0.15, 0.2) is 35.0 Å². The van der Waals surface area contributed by atoms with E-state index in [4.69, 9.17) is 9.26 Å². The van der Waals surface area contributed by atoms with Crippen molar-refractivity contribution < 1.29 is 18.4 Å². The van der Waals surface area contributed by atoms with Crippen molar-refractivity contribution in [2.24, 2.45) is 5.41 Å². The summed E-state index contributed by atoms with van der Waals surface area (Å²) in [6, 6.07) is 6.50. The monoisotopic (exact) mass is 343 g/mol. The van der Waals surface area contributed by atoms with Crippen molar-refractivity contribution in [3.05, 3.63) is 47.7 Å². The lowest BCUT2D eigenvalue weighted by Crippen LogP contribution is -2.29. The topological polar surface area (TPSA) is 80.2 Å². The Morgan fingerprint density at radius 3 is 3.00 bits per heavy atom. The van der Waals surface area contributed by atoms with Gasteiger partial charge >= 0.3 is 0 Å². The molecule has 1 fully saturated rings. The summed E-state index contributed by atoms with van der Waals surface area (Å²) < 4.78 is 24.6. The highest BCUT2D eigenvalue weighted by molar-refractivity contribution is 5.85. The van der Waals surface area contributed by atoms with Crippen LogP contribution in [0.3, 0.4) is 0 Å². The lowest BCUT2D eigenvalue weighted by molar-refractivity contribution is -0.125. The number of ether oxygens (including phenoxy) is 1. The van der Waals surface area contributed by atoms with Gasteiger partial charge in [0.25, 0.3) is 0 Å². The molecule has 0 spiro atoms. The molecular formula is C18H18FN3O3. The molecule has 0 bridgehead atoms. The average molecular weight is 343 g/mol. The number of fused-ring (bicyclic) bond motifs is 1. The van der Waals surface area contributed by atoms with Crippen LogP contribution in [-0.2, 0) is 17.9 Å². The molecule has 3 aromatic rings. The van der Waals surface area contributed by atoms with Gasteiger partial charge in [0, 0.05) is 34.1 Å². The maximum absolute atomic E-state index is 14.2. The minimum atomic E-state index is -0.452. The van der Waals surface area contributed by atoms with Crippen LogP contribution in [0.25, 0.3) is 10.9 Å². The second-order valence-corrected chi connectivity index (χ2v) is 6.68. The van der Waals surface area contributed by atoms with E-state index in [9.17, 15) is 9.18 Å². The zero-order valence-electron chi connectivity index (χ0n) is 13.8. The van der Waals surface area contributed by atoms with Gasteiger partial charge < -0.3 is 19.6 Å². The minimum absolute atomic E-state index is 0.0633. The number of nitrogens with zero attached hydrogens (tertiary/aromatic N) is 1. The summed E-state index contributed by atoms with van der Waals surface area (Å²) in [5.74, 6) is 0.260. The van der Waals surface area contributed by atoms with Gasteiger partial charge in [-0.2, -0.15) is 0 Å². The molecule has 0 radical (unpaired) electrons. The van der Waals surface area contributed by atoms with Crippen LogP contribution < -0.4 is 10.1 Å². The Bertz CT molecular complexity index is 913. The minimum Gasteiger partial charge on any atom is -0.482 e. The van der Waals surface area contributed by atoms with E-state index in [-0.39, 0.29) is 23.7 Å². The summed E-state index contributed by atoms with van der Waals surface area (Å²) in [5, 5.41) is 7.23. The molecule has 2 heterocycles. The number of nitrogens with one attached hydrogen (secondary N) is 2. The molecule has 1 aliphatic rings. The Balaban J connectivity index is 1.47. The van der Waals surface area contributed by atoms with E-state index in [2.05, 4.69) is 15.5 Å². The fraction of sp³-hybridized carbons (Fsp3) is 0.333. The van der Waals surface area contributed by atoms with Gasteiger partial charge in [-0.05, 0) is 25.0 Å². The SMILES string of the molecule is CC1(C(=O)NCc2cc3cc(F)c(OCc4ccno4)cc3[nH]2)CC1. The molecule has 0 saturated heterocycles. The second-order valence-electron chi connectivity index (χ2n) is 6.68. The van der Waals surface area contributed by atoms with Crippen LogP contribution in [0.4, 0.5) is 4.39 Å². The van der Waals surface area contributed by atoms with Crippen LogP contribution in [-0.4, -0.2) is 16.0 Å². The number of aromatic nitrogens is 2. The van der Waals surface area contributed by atoms with Gasteiger partial charge in [-0.25, -0.2) is 4.39 Å². The third-order valence-electron chi connectivity index (χ3n) is 4.58. The van der Waals surface area contributed by atoms with E-state index in [1.165, 1.54) is 12.3 Å². The molecule has 1 aromatic carbocycles. The van der Waals surface area contributed by atoms with Crippen molar-refractivity contribution in [3.8, 4) is 5.75 Å². The lowest BCUT2D eigenvalue weighted by Gasteiger charge is -2.08. The molecule has 1 aliphatic carbocycles. The van der Waals surface area contributed by atoms with Crippen molar-refractivity contribution in [1.29, 1.82) is 0 Å². The quantitative estimate of drug-likeness (QED) is 0.720. The molecule has 6 nitrogen and oxygen atoms in total. The molecule has 0 unspecified atom stereocenters. The predicted octanol–water partition coefficient (Wildman–Crippen LogP) is 3.29. The van der Waals surface area contributed by atoms with E-state index < -0.39 is 5.82 Å².